The monoisotopic (exact) mass is 404 g/mol. The smallest absolute Gasteiger partial charge is 0.254 e. The van der Waals surface area contributed by atoms with Crippen LogP contribution in [0.5, 0.6) is 5.75 Å². The zero-order chi connectivity index (χ0) is 20.7. The summed E-state index contributed by atoms with van der Waals surface area (Å²) < 4.78 is 6.14. The molecule has 5 heteroatoms. The van der Waals surface area contributed by atoms with E-state index in [1.165, 1.54) is 0 Å². The lowest BCUT2D eigenvalue weighted by Crippen LogP contribution is -2.42. The average molecular weight is 405 g/mol. The quantitative estimate of drug-likeness (QED) is 0.569. The topological polar surface area (TPSA) is 32.8 Å². The molecule has 0 saturated carbocycles. The number of benzene rings is 1. The molecule has 0 bridgehead atoms. The van der Waals surface area contributed by atoms with Gasteiger partial charge in [-0.1, -0.05) is 44.5 Å². The van der Waals surface area contributed by atoms with Gasteiger partial charge in [0.15, 0.2) is 0 Å². The number of hydrogen-bond donors (Lipinski definition) is 0. The van der Waals surface area contributed by atoms with Gasteiger partial charge in [0.2, 0.25) is 0 Å². The Bertz CT molecular complexity index is 678. The number of amides is 1. The molecule has 0 radical (unpaired) electrons. The second kappa shape index (κ2) is 10.1. The second-order valence-corrected chi connectivity index (χ2v) is 8.99. The van der Waals surface area contributed by atoms with Gasteiger partial charge < -0.3 is 14.5 Å². The molecule has 0 atom stereocenters. The lowest BCUT2D eigenvalue weighted by Gasteiger charge is -2.36. The van der Waals surface area contributed by atoms with E-state index in [9.17, 15) is 4.79 Å². The number of ether oxygens (including phenoxy) is 1. The zero-order valence-corrected chi connectivity index (χ0v) is 18.2. The first-order valence-corrected chi connectivity index (χ1v) is 10.3. The van der Waals surface area contributed by atoms with Gasteiger partial charge in [-0.2, -0.15) is 0 Å². The SMILES string of the molecule is C=CCN(CC=C)C(=O)c1ccc(OC2CCN(CC(C)(C)C)CC2)c(Cl)c1. The fraction of sp³-hybridized carbons (Fsp3) is 0.522. The van der Waals surface area contributed by atoms with Gasteiger partial charge in [0.05, 0.1) is 5.02 Å². The van der Waals surface area contributed by atoms with Crippen LogP contribution in [0.1, 0.15) is 44.0 Å². The molecule has 4 nitrogen and oxygen atoms in total. The first kappa shape index (κ1) is 22.5. The third-order valence-electron chi connectivity index (χ3n) is 4.69. The van der Waals surface area contributed by atoms with Crippen molar-refractivity contribution in [2.45, 2.75) is 39.7 Å². The van der Waals surface area contributed by atoms with Crippen LogP contribution in [-0.2, 0) is 0 Å². The van der Waals surface area contributed by atoms with E-state index < -0.39 is 0 Å². The van der Waals surface area contributed by atoms with E-state index in [4.69, 9.17) is 16.3 Å². The lowest BCUT2D eigenvalue weighted by molar-refractivity contribution is 0.0788. The third kappa shape index (κ3) is 6.68. The van der Waals surface area contributed by atoms with E-state index >= 15 is 0 Å². The van der Waals surface area contributed by atoms with Gasteiger partial charge >= 0.3 is 0 Å². The second-order valence-electron chi connectivity index (χ2n) is 8.59. The minimum Gasteiger partial charge on any atom is -0.489 e. The summed E-state index contributed by atoms with van der Waals surface area (Å²) in [6.45, 7) is 18.3. The van der Waals surface area contributed by atoms with Crippen LogP contribution in [-0.4, -0.2) is 54.5 Å². The summed E-state index contributed by atoms with van der Waals surface area (Å²) in [5.41, 5.74) is 0.853. The Morgan fingerprint density at radius 3 is 2.36 bits per heavy atom. The van der Waals surface area contributed by atoms with E-state index in [0.717, 1.165) is 32.5 Å². The van der Waals surface area contributed by atoms with Crippen LogP contribution < -0.4 is 4.74 Å². The number of carbonyl (C=O) groups excluding carboxylic acids is 1. The highest BCUT2D eigenvalue weighted by molar-refractivity contribution is 6.32. The summed E-state index contributed by atoms with van der Waals surface area (Å²) in [4.78, 5) is 16.8. The minimum atomic E-state index is -0.0938. The van der Waals surface area contributed by atoms with E-state index in [-0.39, 0.29) is 12.0 Å². The molecule has 1 aliphatic heterocycles. The standard InChI is InChI=1S/C23H33ClN2O2/c1-6-12-26(13-7-2)22(27)18-8-9-21(20(24)16-18)28-19-10-14-25(15-11-19)17-23(3,4)5/h6-9,16,19H,1-2,10-15,17H2,3-5H3. The molecule has 0 spiro atoms. The Hall–Kier alpha value is -1.78. The summed E-state index contributed by atoms with van der Waals surface area (Å²) in [6.07, 6.45) is 5.53. The molecule has 28 heavy (non-hydrogen) atoms. The Labute approximate surface area is 174 Å². The number of likely N-dealkylation sites (tertiary alicyclic amines) is 1. The molecule has 0 unspecified atom stereocenters. The fourth-order valence-corrected chi connectivity index (χ4v) is 3.72. The fourth-order valence-electron chi connectivity index (χ4n) is 3.50. The van der Waals surface area contributed by atoms with Gasteiger partial charge in [0, 0.05) is 38.3 Å². The lowest BCUT2D eigenvalue weighted by atomic mass is 9.94. The normalized spacial score (nSPS) is 15.9. The van der Waals surface area contributed by atoms with E-state index in [1.54, 1.807) is 35.3 Å². The minimum absolute atomic E-state index is 0.0938. The van der Waals surface area contributed by atoms with E-state index in [1.807, 2.05) is 0 Å². The largest absolute Gasteiger partial charge is 0.489 e. The maximum Gasteiger partial charge on any atom is 0.254 e. The number of hydrogen-bond acceptors (Lipinski definition) is 3. The molecule has 0 N–H and O–H groups in total. The van der Waals surface area contributed by atoms with Gasteiger partial charge in [-0.05, 0) is 36.5 Å². The van der Waals surface area contributed by atoms with Crippen LogP contribution >= 0.6 is 11.6 Å². The molecular weight excluding hydrogens is 372 g/mol. The van der Waals surface area contributed by atoms with Gasteiger partial charge in [-0.25, -0.2) is 0 Å². The van der Waals surface area contributed by atoms with Crippen LogP contribution in [0.15, 0.2) is 43.5 Å². The van der Waals surface area contributed by atoms with E-state index in [0.29, 0.717) is 34.8 Å². The van der Waals surface area contributed by atoms with Gasteiger partial charge in [-0.3, -0.25) is 4.79 Å². The number of carbonyl (C=O) groups is 1. The first-order chi connectivity index (χ1) is 13.2. The Morgan fingerprint density at radius 1 is 1.25 bits per heavy atom. The maximum absolute atomic E-state index is 12.7. The summed E-state index contributed by atoms with van der Waals surface area (Å²) in [5, 5.41) is 0.472. The maximum atomic E-state index is 12.7. The number of rotatable bonds is 8. The van der Waals surface area contributed by atoms with Crippen molar-refractivity contribution in [1.82, 2.24) is 9.80 Å². The van der Waals surface area contributed by atoms with Crippen LogP contribution in [0, 0.1) is 5.41 Å². The van der Waals surface area contributed by atoms with Crippen molar-refractivity contribution in [2.75, 3.05) is 32.7 Å². The molecule has 1 aromatic carbocycles. The van der Waals surface area contributed by atoms with Crippen LogP contribution in [0.25, 0.3) is 0 Å². The van der Waals surface area contributed by atoms with Crippen molar-refractivity contribution in [3.05, 3.63) is 54.1 Å². The summed E-state index contributed by atoms with van der Waals surface area (Å²) in [7, 11) is 0. The summed E-state index contributed by atoms with van der Waals surface area (Å²) in [5.74, 6) is 0.551. The number of piperidine rings is 1. The molecule has 1 aromatic rings. The highest BCUT2D eigenvalue weighted by Gasteiger charge is 2.24. The summed E-state index contributed by atoms with van der Waals surface area (Å²) >= 11 is 6.42. The molecular formula is C23H33ClN2O2. The van der Waals surface area contributed by atoms with Crippen molar-refractivity contribution in [1.29, 1.82) is 0 Å². The molecule has 0 aromatic heterocycles. The Kier molecular flexibility index (Phi) is 8.14. The molecule has 154 valence electrons. The Balaban J connectivity index is 1.97. The number of nitrogens with zero attached hydrogens (tertiary/aromatic N) is 2. The van der Waals surface area contributed by atoms with Gasteiger partial charge in [0.25, 0.3) is 5.91 Å². The Morgan fingerprint density at radius 2 is 1.86 bits per heavy atom. The predicted molar refractivity (Wildman–Crippen MR) is 117 cm³/mol. The first-order valence-electron chi connectivity index (χ1n) is 9.93. The van der Waals surface area contributed by atoms with Crippen LogP contribution in [0.2, 0.25) is 5.02 Å². The van der Waals surface area contributed by atoms with Gasteiger partial charge in [0.1, 0.15) is 11.9 Å². The third-order valence-corrected chi connectivity index (χ3v) is 4.99. The van der Waals surface area contributed by atoms with E-state index in [2.05, 4.69) is 38.8 Å². The molecule has 1 fully saturated rings. The van der Waals surface area contributed by atoms with Crippen molar-refractivity contribution < 1.29 is 9.53 Å². The predicted octanol–water partition coefficient (Wildman–Crippen LogP) is 5.04. The van der Waals surface area contributed by atoms with Crippen molar-refractivity contribution in [2.24, 2.45) is 5.41 Å². The molecule has 2 rings (SSSR count). The molecule has 0 aliphatic carbocycles. The number of halogens is 1. The summed E-state index contributed by atoms with van der Waals surface area (Å²) in [6, 6.07) is 5.27. The highest BCUT2D eigenvalue weighted by atomic mass is 35.5. The van der Waals surface area contributed by atoms with Crippen molar-refractivity contribution >= 4 is 17.5 Å². The van der Waals surface area contributed by atoms with Crippen LogP contribution in [0.4, 0.5) is 0 Å². The molecule has 1 heterocycles. The van der Waals surface area contributed by atoms with Crippen molar-refractivity contribution in [3.63, 3.8) is 0 Å². The molecule has 1 saturated heterocycles. The molecule has 1 aliphatic rings. The van der Waals surface area contributed by atoms with Crippen molar-refractivity contribution in [3.8, 4) is 5.75 Å². The van der Waals surface area contributed by atoms with Crippen LogP contribution in [0.3, 0.4) is 0 Å². The molecule has 1 amide bonds. The highest BCUT2D eigenvalue weighted by Crippen LogP contribution is 2.29. The average Bonchev–Trinajstić information content (AvgIpc) is 2.63. The zero-order valence-electron chi connectivity index (χ0n) is 17.4. The van der Waals surface area contributed by atoms with Gasteiger partial charge in [-0.15, -0.1) is 13.2 Å².